The lowest BCUT2D eigenvalue weighted by molar-refractivity contribution is 0.274. The molecule has 0 bridgehead atoms. The van der Waals surface area contributed by atoms with E-state index in [4.69, 9.17) is 5.11 Å². The van der Waals surface area contributed by atoms with E-state index in [2.05, 4.69) is 0 Å². The number of aliphatic hydroxyl groups excluding tert-OH is 1. The maximum atomic E-state index is 13.7. The van der Waals surface area contributed by atoms with E-state index in [-0.39, 0.29) is 16.0 Å². The average Bonchev–Trinajstić information content (AvgIpc) is 2.72. The molecule has 1 fully saturated rings. The van der Waals surface area contributed by atoms with Crippen LogP contribution in [0.1, 0.15) is 37.8 Å². The van der Waals surface area contributed by atoms with Crippen molar-refractivity contribution < 1.29 is 17.9 Å². The predicted octanol–water partition coefficient (Wildman–Crippen LogP) is 2.19. The maximum Gasteiger partial charge on any atom is 0.243 e. The molecule has 6 heteroatoms. The largest absolute Gasteiger partial charge is 0.392 e. The number of hydrogen-bond donors (Lipinski definition) is 1. The van der Waals surface area contributed by atoms with Crippen molar-refractivity contribution >= 4 is 10.0 Å². The number of hydrogen-bond acceptors (Lipinski definition) is 3. The second-order valence-electron chi connectivity index (χ2n) is 5.86. The second kappa shape index (κ2) is 5.09. The van der Waals surface area contributed by atoms with Crippen molar-refractivity contribution in [3.8, 4) is 0 Å². The summed E-state index contributed by atoms with van der Waals surface area (Å²) in [5.41, 5.74) is -0.187. The van der Waals surface area contributed by atoms with Gasteiger partial charge in [0.05, 0.1) is 11.5 Å². The molecular formula is C14H20FNO3S. The Morgan fingerprint density at radius 1 is 1.40 bits per heavy atom. The molecule has 1 aliphatic rings. The van der Waals surface area contributed by atoms with Crippen LogP contribution in [0.15, 0.2) is 17.0 Å². The molecule has 20 heavy (non-hydrogen) atoms. The van der Waals surface area contributed by atoms with Crippen molar-refractivity contribution in [1.29, 1.82) is 0 Å². The quantitative estimate of drug-likeness (QED) is 0.931. The summed E-state index contributed by atoms with van der Waals surface area (Å²) in [4.78, 5) is 0.0513. The molecule has 1 aliphatic heterocycles. The highest BCUT2D eigenvalue weighted by Crippen LogP contribution is 2.34. The Bertz CT molecular complexity index is 626. The smallest absolute Gasteiger partial charge is 0.243 e. The maximum absolute atomic E-state index is 13.7. The van der Waals surface area contributed by atoms with Crippen LogP contribution in [-0.2, 0) is 16.6 Å². The molecule has 1 saturated heterocycles. The summed E-state index contributed by atoms with van der Waals surface area (Å²) >= 11 is 0. The van der Waals surface area contributed by atoms with E-state index in [9.17, 15) is 12.8 Å². The molecule has 1 heterocycles. The summed E-state index contributed by atoms with van der Waals surface area (Å²) in [5, 5.41) is 9.15. The third-order valence-corrected chi connectivity index (χ3v) is 5.98. The van der Waals surface area contributed by atoms with Crippen LogP contribution in [0.4, 0.5) is 4.39 Å². The Hall–Kier alpha value is -0.980. The number of nitrogens with zero attached hydrogens (tertiary/aromatic N) is 1. The Morgan fingerprint density at radius 2 is 2.05 bits per heavy atom. The third kappa shape index (κ3) is 2.47. The Labute approximate surface area is 119 Å². The monoisotopic (exact) mass is 301 g/mol. The molecule has 112 valence electrons. The number of halogens is 1. The molecule has 0 aliphatic carbocycles. The van der Waals surface area contributed by atoms with E-state index < -0.39 is 28.0 Å². The van der Waals surface area contributed by atoms with Gasteiger partial charge in [-0.15, -0.1) is 0 Å². The SMILES string of the molecule is Cc1cc(S(=O)(=O)N2CCCC2(C)C)cc(CO)c1F. The predicted molar refractivity (Wildman–Crippen MR) is 74.3 cm³/mol. The number of benzene rings is 1. The van der Waals surface area contributed by atoms with Crippen molar-refractivity contribution in [2.45, 2.75) is 50.7 Å². The third-order valence-electron chi connectivity index (χ3n) is 3.89. The van der Waals surface area contributed by atoms with Gasteiger partial charge < -0.3 is 5.11 Å². The van der Waals surface area contributed by atoms with Crippen LogP contribution in [0.3, 0.4) is 0 Å². The number of sulfonamides is 1. The summed E-state index contributed by atoms with van der Waals surface area (Å²) in [7, 11) is -3.66. The minimum absolute atomic E-state index is 0.0144. The van der Waals surface area contributed by atoms with Gasteiger partial charge in [0, 0.05) is 17.6 Å². The van der Waals surface area contributed by atoms with Gasteiger partial charge >= 0.3 is 0 Å². The average molecular weight is 301 g/mol. The van der Waals surface area contributed by atoms with Crippen LogP contribution in [0.5, 0.6) is 0 Å². The molecule has 2 rings (SSSR count). The van der Waals surface area contributed by atoms with E-state index in [0.29, 0.717) is 6.54 Å². The topological polar surface area (TPSA) is 57.6 Å². The summed E-state index contributed by atoms with van der Waals surface area (Å²) in [6.45, 7) is 5.24. The van der Waals surface area contributed by atoms with Gasteiger partial charge in [-0.2, -0.15) is 4.31 Å². The van der Waals surface area contributed by atoms with E-state index in [1.54, 1.807) is 0 Å². The van der Waals surface area contributed by atoms with Crippen LogP contribution in [-0.4, -0.2) is 29.9 Å². The zero-order chi connectivity index (χ0) is 15.1. The first-order chi connectivity index (χ1) is 9.20. The van der Waals surface area contributed by atoms with Gasteiger partial charge in [-0.1, -0.05) is 0 Å². The zero-order valence-electron chi connectivity index (χ0n) is 12.0. The van der Waals surface area contributed by atoms with Crippen LogP contribution in [0.25, 0.3) is 0 Å². The van der Waals surface area contributed by atoms with Gasteiger partial charge in [0.1, 0.15) is 5.82 Å². The molecule has 0 radical (unpaired) electrons. The summed E-state index contributed by atoms with van der Waals surface area (Å²) in [6.07, 6.45) is 1.62. The highest BCUT2D eigenvalue weighted by molar-refractivity contribution is 7.89. The van der Waals surface area contributed by atoms with Crippen LogP contribution in [0.2, 0.25) is 0 Å². The Morgan fingerprint density at radius 3 is 2.55 bits per heavy atom. The van der Waals surface area contributed by atoms with E-state index in [1.165, 1.54) is 23.4 Å². The fourth-order valence-electron chi connectivity index (χ4n) is 2.73. The molecule has 1 N–H and O–H groups in total. The lowest BCUT2D eigenvalue weighted by Crippen LogP contribution is -2.42. The van der Waals surface area contributed by atoms with Gasteiger partial charge in [-0.05, 0) is 51.3 Å². The molecular weight excluding hydrogens is 281 g/mol. The highest BCUT2D eigenvalue weighted by atomic mass is 32.2. The van der Waals surface area contributed by atoms with E-state index in [0.717, 1.165) is 12.8 Å². The molecule has 0 spiro atoms. The van der Waals surface area contributed by atoms with Crippen molar-refractivity contribution in [3.63, 3.8) is 0 Å². The van der Waals surface area contributed by atoms with Crippen molar-refractivity contribution in [1.82, 2.24) is 4.31 Å². The molecule has 0 aromatic heterocycles. The van der Waals surface area contributed by atoms with Gasteiger partial charge in [-0.3, -0.25) is 0 Å². The first-order valence-corrected chi connectivity index (χ1v) is 8.07. The number of aryl methyl sites for hydroxylation is 1. The standard InChI is InChI=1S/C14H20FNO3S/c1-10-7-12(8-11(9-17)13(10)15)20(18,19)16-6-4-5-14(16,2)3/h7-8,17H,4-6,9H2,1-3H3. The summed E-state index contributed by atoms with van der Waals surface area (Å²) < 4.78 is 40.6. The highest BCUT2D eigenvalue weighted by Gasteiger charge is 2.41. The second-order valence-corrected chi connectivity index (χ2v) is 7.73. The fraction of sp³-hybridized carbons (Fsp3) is 0.571. The minimum Gasteiger partial charge on any atom is -0.392 e. The lowest BCUT2D eigenvalue weighted by Gasteiger charge is -2.30. The van der Waals surface area contributed by atoms with Gasteiger partial charge in [-0.25, -0.2) is 12.8 Å². The van der Waals surface area contributed by atoms with Crippen molar-refractivity contribution in [3.05, 3.63) is 29.1 Å². The van der Waals surface area contributed by atoms with Gasteiger partial charge in [0.25, 0.3) is 0 Å². The van der Waals surface area contributed by atoms with E-state index in [1.807, 2.05) is 13.8 Å². The van der Waals surface area contributed by atoms with Gasteiger partial charge in [0.15, 0.2) is 0 Å². The number of rotatable bonds is 3. The molecule has 0 unspecified atom stereocenters. The molecule has 4 nitrogen and oxygen atoms in total. The summed E-state index contributed by atoms with van der Waals surface area (Å²) in [5.74, 6) is -0.549. The Balaban J connectivity index is 2.53. The van der Waals surface area contributed by atoms with Crippen LogP contribution >= 0.6 is 0 Å². The Kier molecular flexibility index (Phi) is 3.92. The van der Waals surface area contributed by atoms with Crippen LogP contribution in [0, 0.1) is 12.7 Å². The molecule has 1 aromatic carbocycles. The number of aliphatic hydroxyl groups is 1. The van der Waals surface area contributed by atoms with Crippen LogP contribution < -0.4 is 0 Å². The molecule has 0 saturated carbocycles. The van der Waals surface area contributed by atoms with Crippen molar-refractivity contribution in [2.75, 3.05) is 6.54 Å². The zero-order valence-corrected chi connectivity index (χ0v) is 12.8. The van der Waals surface area contributed by atoms with E-state index >= 15 is 0 Å². The fourth-order valence-corrected chi connectivity index (χ4v) is 4.71. The van der Waals surface area contributed by atoms with Gasteiger partial charge in [0.2, 0.25) is 10.0 Å². The van der Waals surface area contributed by atoms with Crippen molar-refractivity contribution in [2.24, 2.45) is 0 Å². The first-order valence-electron chi connectivity index (χ1n) is 6.63. The molecule has 1 aromatic rings. The molecule has 0 amide bonds. The molecule has 0 atom stereocenters. The first kappa shape index (κ1) is 15.4. The minimum atomic E-state index is -3.66. The normalized spacial score (nSPS) is 19.4. The lowest BCUT2D eigenvalue weighted by atomic mass is 10.0. The summed E-state index contributed by atoms with van der Waals surface area (Å²) in [6, 6.07) is 2.56.